The molecule has 0 bridgehead atoms. The Labute approximate surface area is 120 Å². The van der Waals surface area contributed by atoms with E-state index < -0.39 is 0 Å². The third kappa shape index (κ3) is 2.59. The summed E-state index contributed by atoms with van der Waals surface area (Å²) in [7, 11) is 0. The summed E-state index contributed by atoms with van der Waals surface area (Å²) < 4.78 is 0. The van der Waals surface area contributed by atoms with Crippen LogP contribution in [0.2, 0.25) is 0 Å². The van der Waals surface area contributed by atoms with Crippen molar-refractivity contribution in [3.63, 3.8) is 0 Å². The number of nitrogens with zero attached hydrogens (tertiary/aromatic N) is 2. The Bertz CT molecular complexity index is 491. The molecular weight excluding hydrogens is 250 g/mol. The smallest absolute Gasteiger partial charge is 0.148 e. The average Bonchev–Trinajstić information content (AvgIpc) is 3.31. The fourth-order valence-corrected chi connectivity index (χ4v) is 3.06. The predicted octanol–water partition coefficient (Wildman–Crippen LogP) is 2.63. The molecule has 20 heavy (non-hydrogen) atoms. The van der Waals surface area contributed by atoms with Crippen LogP contribution < -0.4 is 16.6 Å². The molecule has 1 heterocycles. The molecule has 1 aromatic rings. The number of hydrogen-bond donors (Lipinski definition) is 3. The molecule has 2 saturated carbocycles. The number of hydrazine groups is 1. The highest BCUT2D eigenvalue weighted by atomic mass is 15.3. The second kappa shape index (κ2) is 5.20. The predicted molar refractivity (Wildman–Crippen MR) is 81.5 cm³/mol. The van der Waals surface area contributed by atoms with E-state index in [0.717, 1.165) is 48.3 Å². The van der Waals surface area contributed by atoms with Crippen molar-refractivity contribution >= 4 is 11.6 Å². The highest BCUT2D eigenvalue weighted by Gasteiger charge is 2.53. The van der Waals surface area contributed by atoms with Crippen molar-refractivity contribution < 1.29 is 0 Å². The van der Waals surface area contributed by atoms with Crippen LogP contribution in [0, 0.1) is 18.3 Å². The molecule has 0 unspecified atom stereocenters. The molecule has 1 aromatic heterocycles. The van der Waals surface area contributed by atoms with Gasteiger partial charge in [0.05, 0.1) is 0 Å². The molecule has 0 radical (unpaired) electrons. The van der Waals surface area contributed by atoms with E-state index in [1.54, 1.807) is 0 Å². The monoisotopic (exact) mass is 275 g/mol. The molecular formula is C15H25N5. The first-order valence-electron chi connectivity index (χ1n) is 7.76. The second-order valence-corrected chi connectivity index (χ2v) is 6.35. The van der Waals surface area contributed by atoms with Crippen molar-refractivity contribution in [3.05, 3.63) is 11.4 Å². The molecule has 4 N–H and O–H groups in total. The summed E-state index contributed by atoms with van der Waals surface area (Å²) in [5.74, 6) is 9.08. The number of anilines is 2. The van der Waals surface area contributed by atoms with E-state index in [9.17, 15) is 0 Å². The second-order valence-electron chi connectivity index (χ2n) is 6.35. The van der Waals surface area contributed by atoms with Crippen molar-refractivity contribution in [2.75, 3.05) is 17.3 Å². The Morgan fingerprint density at radius 3 is 2.50 bits per heavy atom. The zero-order valence-electron chi connectivity index (χ0n) is 12.5. The van der Waals surface area contributed by atoms with Crippen LogP contribution in [0.1, 0.15) is 50.4 Å². The summed E-state index contributed by atoms with van der Waals surface area (Å²) in [5.41, 5.74) is 4.27. The molecule has 0 spiro atoms. The lowest BCUT2D eigenvalue weighted by atomic mass is 10.0. The lowest BCUT2D eigenvalue weighted by Crippen LogP contribution is -2.20. The Morgan fingerprint density at radius 2 is 1.95 bits per heavy atom. The van der Waals surface area contributed by atoms with Crippen molar-refractivity contribution in [2.24, 2.45) is 17.2 Å². The largest absolute Gasteiger partial charge is 0.369 e. The Kier molecular flexibility index (Phi) is 3.54. The topological polar surface area (TPSA) is 75.9 Å². The molecule has 5 nitrogen and oxygen atoms in total. The highest BCUT2D eigenvalue weighted by molar-refractivity contribution is 5.57. The number of nitrogens with two attached hydrogens (primary N) is 1. The van der Waals surface area contributed by atoms with Gasteiger partial charge in [-0.25, -0.2) is 15.8 Å². The summed E-state index contributed by atoms with van der Waals surface area (Å²) >= 11 is 0. The highest BCUT2D eigenvalue weighted by Crippen LogP contribution is 2.61. The molecule has 0 amide bonds. The Balaban J connectivity index is 1.75. The molecule has 3 rings (SSSR count). The van der Waals surface area contributed by atoms with Crippen LogP contribution in [0.25, 0.3) is 0 Å². The minimum Gasteiger partial charge on any atom is -0.369 e. The quantitative estimate of drug-likeness (QED) is 0.527. The fourth-order valence-electron chi connectivity index (χ4n) is 3.06. The van der Waals surface area contributed by atoms with Gasteiger partial charge in [-0.2, -0.15) is 0 Å². The summed E-state index contributed by atoms with van der Waals surface area (Å²) in [5, 5.41) is 3.56. The van der Waals surface area contributed by atoms with Gasteiger partial charge in [-0.3, -0.25) is 0 Å². The van der Waals surface area contributed by atoms with Gasteiger partial charge in [0.25, 0.3) is 0 Å². The molecule has 2 aliphatic carbocycles. The van der Waals surface area contributed by atoms with Crippen LogP contribution in [0.15, 0.2) is 0 Å². The van der Waals surface area contributed by atoms with Crippen LogP contribution in [0.4, 0.5) is 11.6 Å². The SMILES string of the molecule is CCCc1nc(NN)c(C)c(NCC2(C3CC3)CC2)n1. The number of aryl methyl sites for hydroxylation is 1. The molecule has 2 fully saturated rings. The summed E-state index contributed by atoms with van der Waals surface area (Å²) in [4.78, 5) is 9.12. The van der Waals surface area contributed by atoms with Gasteiger partial charge in [0, 0.05) is 18.5 Å². The van der Waals surface area contributed by atoms with Crippen molar-refractivity contribution in [1.29, 1.82) is 0 Å². The molecule has 0 saturated heterocycles. The summed E-state index contributed by atoms with van der Waals surface area (Å²) in [6.45, 7) is 5.20. The molecule has 5 heteroatoms. The lowest BCUT2D eigenvalue weighted by molar-refractivity contribution is 0.466. The molecule has 110 valence electrons. The van der Waals surface area contributed by atoms with E-state index in [1.165, 1.54) is 25.7 Å². The summed E-state index contributed by atoms with van der Waals surface area (Å²) in [6, 6.07) is 0. The lowest BCUT2D eigenvalue weighted by Gasteiger charge is -2.18. The summed E-state index contributed by atoms with van der Waals surface area (Å²) in [6.07, 6.45) is 7.51. The maximum Gasteiger partial charge on any atom is 0.148 e. The fraction of sp³-hybridized carbons (Fsp3) is 0.733. The Morgan fingerprint density at radius 1 is 1.25 bits per heavy atom. The third-order valence-corrected chi connectivity index (χ3v) is 4.75. The van der Waals surface area contributed by atoms with Crippen LogP contribution in [0.3, 0.4) is 0 Å². The zero-order valence-corrected chi connectivity index (χ0v) is 12.5. The van der Waals surface area contributed by atoms with Crippen LogP contribution >= 0.6 is 0 Å². The van der Waals surface area contributed by atoms with Gasteiger partial charge in [0.15, 0.2) is 0 Å². The standard InChI is InChI=1S/C15H25N5/c1-3-4-12-18-13(10(2)14(19-12)20-16)17-9-15(7-8-15)11-5-6-11/h11H,3-9,16H2,1-2H3,(H2,17,18,19,20). The third-order valence-electron chi connectivity index (χ3n) is 4.75. The van der Waals surface area contributed by atoms with Gasteiger partial charge in [0.1, 0.15) is 17.5 Å². The Hall–Kier alpha value is -1.36. The van der Waals surface area contributed by atoms with Crippen molar-refractivity contribution in [3.8, 4) is 0 Å². The van der Waals surface area contributed by atoms with E-state index in [2.05, 4.69) is 27.6 Å². The first-order valence-corrected chi connectivity index (χ1v) is 7.76. The molecule has 0 aromatic carbocycles. The maximum atomic E-state index is 5.57. The normalized spacial score (nSPS) is 19.8. The first kappa shape index (κ1) is 13.6. The van der Waals surface area contributed by atoms with Crippen LogP contribution in [-0.2, 0) is 6.42 Å². The van der Waals surface area contributed by atoms with Gasteiger partial charge < -0.3 is 10.7 Å². The van der Waals surface area contributed by atoms with E-state index in [4.69, 9.17) is 5.84 Å². The minimum absolute atomic E-state index is 0.568. The average molecular weight is 275 g/mol. The van der Waals surface area contributed by atoms with Crippen LogP contribution in [-0.4, -0.2) is 16.5 Å². The van der Waals surface area contributed by atoms with E-state index in [1.807, 2.05) is 6.92 Å². The molecule has 0 atom stereocenters. The first-order chi connectivity index (χ1) is 9.68. The van der Waals surface area contributed by atoms with E-state index >= 15 is 0 Å². The van der Waals surface area contributed by atoms with Crippen molar-refractivity contribution in [1.82, 2.24) is 9.97 Å². The van der Waals surface area contributed by atoms with Gasteiger partial charge in [-0.15, -0.1) is 0 Å². The number of aromatic nitrogens is 2. The van der Waals surface area contributed by atoms with E-state index in [-0.39, 0.29) is 0 Å². The molecule has 2 aliphatic rings. The number of hydrogen-bond acceptors (Lipinski definition) is 5. The van der Waals surface area contributed by atoms with Crippen LogP contribution in [0.5, 0.6) is 0 Å². The van der Waals surface area contributed by atoms with E-state index in [0.29, 0.717) is 5.41 Å². The van der Waals surface area contributed by atoms with Gasteiger partial charge in [-0.1, -0.05) is 6.92 Å². The maximum absolute atomic E-state index is 5.57. The van der Waals surface area contributed by atoms with Gasteiger partial charge in [-0.05, 0) is 50.4 Å². The number of rotatable bonds is 7. The van der Waals surface area contributed by atoms with Gasteiger partial charge >= 0.3 is 0 Å². The van der Waals surface area contributed by atoms with Crippen molar-refractivity contribution in [2.45, 2.75) is 52.4 Å². The zero-order chi connectivity index (χ0) is 14.2. The molecule has 0 aliphatic heterocycles. The number of nitrogens with one attached hydrogen (secondary N) is 2. The number of nitrogen functional groups attached to an aromatic ring is 1. The van der Waals surface area contributed by atoms with Gasteiger partial charge in [0.2, 0.25) is 0 Å². The minimum atomic E-state index is 0.568.